The summed E-state index contributed by atoms with van der Waals surface area (Å²) < 4.78 is 5.13. The molecule has 0 spiro atoms. The third kappa shape index (κ3) is 1.81. The Bertz CT molecular complexity index is 257. The lowest BCUT2D eigenvalue weighted by atomic mass is 10.4. The van der Waals surface area contributed by atoms with E-state index in [0.29, 0.717) is 6.10 Å². The van der Waals surface area contributed by atoms with Crippen LogP contribution in [0.15, 0.2) is 6.20 Å². The van der Waals surface area contributed by atoms with Crippen molar-refractivity contribution in [3.05, 3.63) is 17.7 Å². The van der Waals surface area contributed by atoms with E-state index < -0.39 is 0 Å². The van der Waals surface area contributed by atoms with Crippen LogP contribution in [0, 0.1) is 0 Å². The van der Waals surface area contributed by atoms with E-state index in [1.807, 2.05) is 18.0 Å². The van der Waals surface area contributed by atoms with Crippen LogP contribution in [-0.4, -0.2) is 22.3 Å². The number of ether oxygens (including phenoxy) is 1. The van der Waals surface area contributed by atoms with Crippen molar-refractivity contribution in [2.45, 2.75) is 18.8 Å². The maximum absolute atomic E-state index is 5.13. The van der Waals surface area contributed by atoms with Crippen molar-refractivity contribution < 1.29 is 4.74 Å². The van der Waals surface area contributed by atoms with E-state index in [0.717, 1.165) is 29.6 Å². The molecule has 1 aliphatic rings. The summed E-state index contributed by atoms with van der Waals surface area (Å²) in [4.78, 5) is 7.51. The number of hydrogen-bond acceptors (Lipinski definition) is 3. The molecule has 0 amide bonds. The maximum atomic E-state index is 5.13. The molecule has 1 aromatic heterocycles. The molecule has 1 atom stereocenters. The molecule has 3 nitrogen and oxygen atoms in total. The third-order valence-corrected chi connectivity index (χ3v) is 2.66. The molecular formula is C8H12N2OS. The predicted molar refractivity (Wildman–Crippen MR) is 49.1 cm³/mol. The molecule has 0 aliphatic carbocycles. The van der Waals surface area contributed by atoms with Crippen LogP contribution in [0.3, 0.4) is 0 Å². The van der Waals surface area contributed by atoms with Gasteiger partial charge >= 0.3 is 0 Å². The van der Waals surface area contributed by atoms with Gasteiger partial charge in [-0.2, -0.15) is 11.8 Å². The van der Waals surface area contributed by atoms with Crippen molar-refractivity contribution in [2.24, 2.45) is 0 Å². The molecule has 1 fully saturated rings. The fourth-order valence-electron chi connectivity index (χ4n) is 1.04. The minimum Gasteiger partial charge on any atom is -0.366 e. The Balaban J connectivity index is 1.93. The van der Waals surface area contributed by atoms with Crippen molar-refractivity contribution in [1.82, 2.24) is 9.97 Å². The molecule has 66 valence electrons. The molecule has 1 unspecified atom stereocenters. The van der Waals surface area contributed by atoms with E-state index in [2.05, 4.69) is 16.9 Å². The first-order chi connectivity index (χ1) is 5.90. The number of thioether (sulfide) groups is 1. The van der Waals surface area contributed by atoms with Gasteiger partial charge in [0.2, 0.25) is 0 Å². The van der Waals surface area contributed by atoms with Gasteiger partial charge in [0.25, 0.3) is 0 Å². The van der Waals surface area contributed by atoms with Crippen LogP contribution in [0.5, 0.6) is 0 Å². The van der Waals surface area contributed by atoms with Crippen LogP contribution in [0.1, 0.15) is 24.5 Å². The lowest BCUT2D eigenvalue weighted by Crippen LogP contribution is -1.85. The average molecular weight is 184 g/mol. The molecule has 2 heterocycles. The van der Waals surface area contributed by atoms with Gasteiger partial charge in [0, 0.05) is 0 Å². The number of aromatic amines is 1. The molecule has 0 bridgehead atoms. The zero-order valence-electron chi connectivity index (χ0n) is 7.04. The predicted octanol–water partition coefficient (Wildman–Crippen LogP) is 1.73. The van der Waals surface area contributed by atoms with E-state index in [1.165, 1.54) is 0 Å². The first-order valence-corrected chi connectivity index (χ1v) is 5.28. The van der Waals surface area contributed by atoms with Crippen molar-refractivity contribution in [3.8, 4) is 0 Å². The summed E-state index contributed by atoms with van der Waals surface area (Å²) in [6, 6.07) is 0. The number of aromatic nitrogens is 2. The fraction of sp³-hybridized carbons (Fsp3) is 0.625. The number of epoxide rings is 1. The van der Waals surface area contributed by atoms with Crippen LogP contribution in [-0.2, 0) is 10.5 Å². The summed E-state index contributed by atoms with van der Waals surface area (Å²) in [5.74, 6) is 3.17. The minimum absolute atomic E-state index is 0.304. The van der Waals surface area contributed by atoms with Crippen molar-refractivity contribution in [1.29, 1.82) is 0 Å². The zero-order valence-corrected chi connectivity index (χ0v) is 7.86. The van der Waals surface area contributed by atoms with E-state index in [9.17, 15) is 0 Å². The van der Waals surface area contributed by atoms with Gasteiger partial charge in [-0.25, -0.2) is 4.98 Å². The quantitative estimate of drug-likeness (QED) is 0.724. The van der Waals surface area contributed by atoms with Gasteiger partial charge in [-0.15, -0.1) is 0 Å². The van der Waals surface area contributed by atoms with Crippen LogP contribution in [0.2, 0.25) is 0 Å². The van der Waals surface area contributed by atoms with Gasteiger partial charge < -0.3 is 9.72 Å². The van der Waals surface area contributed by atoms with E-state index in [4.69, 9.17) is 4.74 Å². The number of nitrogens with zero attached hydrogens (tertiary/aromatic N) is 1. The molecule has 0 aromatic carbocycles. The first-order valence-electron chi connectivity index (χ1n) is 4.13. The second kappa shape index (κ2) is 3.49. The molecule has 1 N–H and O–H groups in total. The zero-order chi connectivity index (χ0) is 8.39. The van der Waals surface area contributed by atoms with Crippen LogP contribution in [0.25, 0.3) is 0 Å². The highest BCUT2D eigenvalue weighted by molar-refractivity contribution is 7.98. The van der Waals surface area contributed by atoms with E-state index in [-0.39, 0.29) is 0 Å². The lowest BCUT2D eigenvalue weighted by molar-refractivity contribution is 0.412. The summed E-state index contributed by atoms with van der Waals surface area (Å²) in [6.45, 7) is 3.00. The molecule has 2 rings (SSSR count). The summed E-state index contributed by atoms with van der Waals surface area (Å²) in [5.41, 5.74) is 1.13. The topological polar surface area (TPSA) is 41.2 Å². The maximum Gasteiger partial charge on any atom is 0.122 e. The van der Waals surface area contributed by atoms with Gasteiger partial charge in [0.1, 0.15) is 11.9 Å². The minimum atomic E-state index is 0.304. The molecule has 1 aromatic rings. The highest BCUT2D eigenvalue weighted by Gasteiger charge is 2.26. The van der Waals surface area contributed by atoms with E-state index in [1.54, 1.807) is 0 Å². The number of hydrogen-bond donors (Lipinski definition) is 1. The number of nitrogens with one attached hydrogen (secondary N) is 1. The van der Waals surface area contributed by atoms with Crippen LogP contribution in [0.4, 0.5) is 0 Å². The van der Waals surface area contributed by atoms with Crippen LogP contribution >= 0.6 is 11.8 Å². The summed E-state index contributed by atoms with van der Waals surface area (Å²) >= 11 is 1.87. The Hall–Kier alpha value is -0.480. The molecule has 1 saturated heterocycles. The number of imidazole rings is 1. The van der Waals surface area contributed by atoms with Gasteiger partial charge in [-0.05, 0) is 5.75 Å². The third-order valence-electron chi connectivity index (χ3n) is 1.77. The lowest BCUT2D eigenvalue weighted by Gasteiger charge is -1.92. The Morgan fingerprint density at radius 3 is 3.33 bits per heavy atom. The summed E-state index contributed by atoms with van der Waals surface area (Å²) in [7, 11) is 0. The summed E-state index contributed by atoms with van der Waals surface area (Å²) in [6.07, 6.45) is 2.18. The van der Waals surface area contributed by atoms with Crippen molar-refractivity contribution >= 4 is 11.8 Å². The van der Waals surface area contributed by atoms with Gasteiger partial charge in [-0.1, -0.05) is 6.92 Å². The highest BCUT2D eigenvalue weighted by atomic mass is 32.2. The molecule has 12 heavy (non-hydrogen) atoms. The van der Waals surface area contributed by atoms with Gasteiger partial charge in [0.05, 0.1) is 24.3 Å². The average Bonchev–Trinajstić information content (AvgIpc) is 2.83. The first kappa shape index (κ1) is 8.13. The van der Waals surface area contributed by atoms with Crippen molar-refractivity contribution in [3.63, 3.8) is 0 Å². The number of H-pyrrole nitrogens is 1. The Labute approximate surface area is 75.9 Å². The Morgan fingerprint density at radius 1 is 1.83 bits per heavy atom. The smallest absolute Gasteiger partial charge is 0.122 e. The Morgan fingerprint density at radius 2 is 2.67 bits per heavy atom. The summed E-state index contributed by atoms with van der Waals surface area (Å²) in [5, 5.41) is 0. The van der Waals surface area contributed by atoms with Crippen LogP contribution < -0.4 is 0 Å². The monoisotopic (exact) mass is 184 g/mol. The second-order valence-electron chi connectivity index (χ2n) is 2.74. The molecule has 4 heteroatoms. The van der Waals surface area contributed by atoms with Gasteiger partial charge in [0.15, 0.2) is 0 Å². The molecule has 0 saturated carbocycles. The second-order valence-corrected chi connectivity index (χ2v) is 4.02. The fourth-order valence-corrected chi connectivity index (χ4v) is 1.59. The normalized spacial score (nSPS) is 21.2. The SMILES string of the molecule is CCSCc1ncc(C2CO2)[nH]1. The largest absolute Gasteiger partial charge is 0.366 e. The Kier molecular flexibility index (Phi) is 2.37. The van der Waals surface area contributed by atoms with E-state index >= 15 is 0 Å². The van der Waals surface area contributed by atoms with Crippen molar-refractivity contribution in [2.75, 3.05) is 12.4 Å². The van der Waals surface area contributed by atoms with Gasteiger partial charge in [-0.3, -0.25) is 0 Å². The highest BCUT2D eigenvalue weighted by Crippen LogP contribution is 2.28. The molecule has 0 radical (unpaired) electrons. The molecular weight excluding hydrogens is 172 g/mol. The molecule has 1 aliphatic heterocycles. The standard InChI is InChI=1S/C8H12N2OS/c1-2-12-5-8-9-3-6(10-8)7-4-11-7/h3,7H,2,4-5H2,1H3,(H,9,10). The number of rotatable bonds is 4.